The second-order valence-corrected chi connectivity index (χ2v) is 7.57. The van der Waals surface area contributed by atoms with Gasteiger partial charge in [-0.25, -0.2) is 4.98 Å². The van der Waals surface area contributed by atoms with E-state index in [-0.39, 0.29) is 5.91 Å². The monoisotopic (exact) mass is 401 g/mol. The normalized spacial score (nSPS) is 15.0. The summed E-state index contributed by atoms with van der Waals surface area (Å²) in [4.78, 5) is 27.8. The summed E-state index contributed by atoms with van der Waals surface area (Å²) in [5.74, 6) is 0.753. The van der Waals surface area contributed by atoms with Crippen LogP contribution in [0.15, 0.2) is 48.5 Å². The number of amides is 1. The van der Waals surface area contributed by atoms with Crippen LogP contribution in [-0.4, -0.2) is 52.1 Å². The molecule has 5 rings (SSSR count). The van der Waals surface area contributed by atoms with Crippen LogP contribution in [-0.2, 0) is 11.3 Å². The summed E-state index contributed by atoms with van der Waals surface area (Å²) in [6, 6.07) is 15.4. The molecule has 0 atom stereocenters. The van der Waals surface area contributed by atoms with Crippen molar-refractivity contribution in [3.63, 3.8) is 0 Å². The number of morpholine rings is 1. The van der Waals surface area contributed by atoms with Gasteiger partial charge in [-0.3, -0.25) is 14.7 Å². The third-order valence-electron chi connectivity index (χ3n) is 5.43. The zero-order valence-electron chi connectivity index (χ0n) is 16.8. The molecule has 1 saturated heterocycles. The lowest BCUT2D eigenvalue weighted by Crippen LogP contribution is -2.35. The maximum Gasteiger partial charge on any atom is 0.257 e. The molecule has 2 aromatic carbocycles. The molecular weight excluding hydrogens is 378 g/mol. The summed E-state index contributed by atoms with van der Waals surface area (Å²) in [7, 11) is 0. The number of hydrogen-bond donors (Lipinski definition) is 2. The number of H-pyrrole nitrogens is 1. The maximum atomic E-state index is 12.9. The highest BCUT2D eigenvalue weighted by atomic mass is 16.5. The van der Waals surface area contributed by atoms with Gasteiger partial charge in [-0.15, -0.1) is 0 Å². The van der Waals surface area contributed by atoms with Crippen molar-refractivity contribution in [2.24, 2.45) is 0 Å². The number of para-hydroxylation sites is 1. The summed E-state index contributed by atoms with van der Waals surface area (Å²) in [5, 5.41) is 3.94. The van der Waals surface area contributed by atoms with E-state index in [0.717, 1.165) is 66.3 Å². The molecule has 1 fully saturated rings. The SMILES string of the molecule is Cc1nc2ccccc2cc1C(=O)Nc1ccc2nc(CN3CCOCC3)[nH]c2c1. The van der Waals surface area contributed by atoms with E-state index in [2.05, 4.69) is 25.2 Å². The van der Waals surface area contributed by atoms with Gasteiger partial charge in [0.25, 0.3) is 5.91 Å². The van der Waals surface area contributed by atoms with Gasteiger partial charge >= 0.3 is 0 Å². The first-order valence-electron chi connectivity index (χ1n) is 10.1. The number of carbonyl (C=O) groups excluding carboxylic acids is 1. The molecule has 4 aromatic rings. The van der Waals surface area contributed by atoms with E-state index in [0.29, 0.717) is 11.3 Å². The van der Waals surface area contributed by atoms with Gasteiger partial charge in [0.2, 0.25) is 0 Å². The molecule has 0 bridgehead atoms. The smallest absolute Gasteiger partial charge is 0.257 e. The van der Waals surface area contributed by atoms with Crippen LogP contribution in [0.5, 0.6) is 0 Å². The second-order valence-electron chi connectivity index (χ2n) is 7.57. The van der Waals surface area contributed by atoms with Gasteiger partial charge in [-0.2, -0.15) is 0 Å². The third kappa shape index (κ3) is 3.77. The van der Waals surface area contributed by atoms with E-state index in [4.69, 9.17) is 4.74 Å². The van der Waals surface area contributed by atoms with Gasteiger partial charge in [-0.05, 0) is 37.3 Å². The number of ether oxygens (including phenoxy) is 1. The van der Waals surface area contributed by atoms with Crippen molar-refractivity contribution in [3.05, 3.63) is 65.6 Å². The number of nitrogens with zero attached hydrogens (tertiary/aromatic N) is 3. The number of nitrogens with one attached hydrogen (secondary N) is 2. The largest absolute Gasteiger partial charge is 0.379 e. The van der Waals surface area contributed by atoms with E-state index in [1.165, 1.54) is 0 Å². The third-order valence-corrected chi connectivity index (χ3v) is 5.43. The fraction of sp³-hybridized carbons (Fsp3) is 0.261. The molecule has 0 saturated carbocycles. The van der Waals surface area contributed by atoms with Crippen molar-refractivity contribution in [2.45, 2.75) is 13.5 Å². The van der Waals surface area contributed by atoms with Crippen molar-refractivity contribution >= 4 is 33.5 Å². The van der Waals surface area contributed by atoms with Gasteiger partial charge < -0.3 is 15.0 Å². The van der Waals surface area contributed by atoms with Gasteiger partial charge in [0.1, 0.15) is 5.82 Å². The number of imidazole rings is 1. The number of rotatable bonds is 4. The number of anilines is 1. The quantitative estimate of drug-likeness (QED) is 0.547. The maximum absolute atomic E-state index is 12.9. The van der Waals surface area contributed by atoms with E-state index < -0.39 is 0 Å². The molecule has 0 aliphatic carbocycles. The van der Waals surface area contributed by atoms with Gasteiger partial charge in [0.05, 0.1) is 47.6 Å². The number of aryl methyl sites for hydroxylation is 1. The summed E-state index contributed by atoms with van der Waals surface area (Å²) in [6.45, 7) is 5.98. The van der Waals surface area contributed by atoms with Crippen LogP contribution in [0.3, 0.4) is 0 Å². The van der Waals surface area contributed by atoms with Gasteiger partial charge in [-0.1, -0.05) is 18.2 Å². The minimum Gasteiger partial charge on any atom is -0.379 e. The van der Waals surface area contributed by atoms with Crippen molar-refractivity contribution in [1.29, 1.82) is 0 Å². The predicted octanol–water partition coefficient (Wildman–Crippen LogP) is 3.50. The Balaban J connectivity index is 1.36. The van der Waals surface area contributed by atoms with Crippen LogP contribution in [0.1, 0.15) is 21.9 Å². The highest BCUT2D eigenvalue weighted by molar-refractivity contribution is 6.07. The first kappa shape index (κ1) is 18.7. The Morgan fingerprint density at radius 2 is 1.93 bits per heavy atom. The lowest BCUT2D eigenvalue weighted by molar-refractivity contribution is 0.0332. The van der Waals surface area contributed by atoms with E-state index in [9.17, 15) is 4.79 Å². The van der Waals surface area contributed by atoms with E-state index >= 15 is 0 Å². The zero-order chi connectivity index (χ0) is 20.5. The number of benzene rings is 2. The first-order chi connectivity index (χ1) is 14.7. The molecule has 2 N–H and O–H groups in total. The van der Waals surface area contributed by atoms with Crippen molar-refractivity contribution in [2.75, 3.05) is 31.6 Å². The topological polar surface area (TPSA) is 83.1 Å². The molecule has 0 spiro atoms. The predicted molar refractivity (Wildman–Crippen MR) is 117 cm³/mol. The number of aromatic nitrogens is 3. The number of pyridine rings is 1. The van der Waals surface area contributed by atoms with Crippen LogP contribution in [0.2, 0.25) is 0 Å². The standard InChI is InChI=1S/C23H23N5O2/c1-15-18(12-16-4-2-3-5-19(16)24-15)23(29)25-17-6-7-20-21(13-17)27-22(26-20)14-28-8-10-30-11-9-28/h2-7,12-13H,8-11,14H2,1H3,(H,25,29)(H,26,27). The average molecular weight is 401 g/mol. The lowest BCUT2D eigenvalue weighted by atomic mass is 10.1. The van der Waals surface area contributed by atoms with E-state index in [1.54, 1.807) is 0 Å². The van der Waals surface area contributed by atoms with Crippen LogP contribution < -0.4 is 5.32 Å². The fourth-order valence-electron chi connectivity index (χ4n) is 3.83. The van der Waals surface area contributed by atoms with Crippen molar-refractivity contribution in [1.82, 2.24) is 19.9 Å². The second kappa shape index (κ2) is 7.85. The Labute approximate surface area is 174 Å². The number of fused-ring (bicyclic) bond motifs is 2. The molecule has 7 nitrogen and oxygen atoms in total. The number of aromatic amines is 1. The number of carbonyl (C=O) groups is 1. The molecule has 1 amide bonds. The fourth-order valence-corrected chi connectivity index (χ4v) is 3.83. The summed E-state index contributed by atoms with van der Waals surface area (Å²) in [6.07, 6.45) is 0. The van der Waals surface area contributed by atoms with Crippen LogP contribution in [0, 0.1) is 6.92 Å². The van der Waals surface area contributed by atoms with Crippen molar-refractivity contribution < 1.29 is 9.53 Å². The molecular formula is C23H23N5O2. The van der Waals surface area contributed by atoms with Crippen LogP contribution in [0.4, 0.5) is 5.69 Å². The van der Waals surface area contributed by atoms with Crippen LogP contribution >= 0.6 is 0 Å². The first-order valence-corrected chi connectivity index (χ1v) is 10.1. The Bertz CT molecular complexity index is 1230. The molecule has 30 heavy (non-hydrogen) atoms. The van der Waals surface area contributed by atoms with Gasteiger partial charge in [0, 0.05) is 24.2 Å². The summed E-state index contributed by atoms with van der Waals surface area (Å²) < 4.78 is 5.40. The van der Waals surface area contributed by atoms with Crippen LogP contribution in [0.25, 0.3) is 21.9 Å². The molecule has 2 aromatic heterocycles. The minimum absolute atomic E-state index is 0.168. The Morgan fingerprint density at radius 3 is 2.80 bits per heavy atom. The Morgan fingerprint density at radius 1 is 1.10 bits per heavy atom. The zero-order valence-corrected chi connectivity index (χ0v) is 16.8. The molecule has 7 heteroatoms. The molecule has 3 heterocycles. The number of hydrogen-bond acceptors (Lipinski definition) is 5. The molecule has 0 unspecified atom stereocenters. The molecule has 0 radical (unpaired) electrons. The molecule has 1 aliphatic rings. The highest BCUT2D eigenvalue weighted by Crippen LogP contribution is 2.21. The van der Waals surface area contributed by atoms with E-state index in [1.807, 2.05) is 55.5 Å². The van der Waals surface area contributed by atoms with Gasteiger partial charge in [0.15, 0.2) is 0 Å². The average Bonchev–Trinajstić information content (AvgIpc) is 3.15. The minimum atomic E-state index is -0.168. The Hall–Kier alpha value is -3.29. The molecule has 1 aliphatic heterocycles. The lowest BCUT2D eigenvalue weighted by Gasteiger charge is -2.25. The Kier molecular flexibility index (Phi) is 4.90. The summed E-state index contributed by atoms with van der Waals surface area (Å²) >= 11 is 0. The highest BCUT2D eigenvalue weighted by Gasteiger charge is 2.15. The van der Waals surface area contributed by atoms with Crippen molar-refractivity contribution in [3.8, 4) is 0 Å². The summed E-state index contributed by atoms with van der Waals surface area (Å²) in [5.41, 5.74) is 4.69. The molecule has 152 valence electrons.